The van der Waals surface area contributed by atoms with Crippen molar-refractivity contribution in [1.29, 1.82) is 0 Å². The minimum atomic E-state index is -0.641. The zero-order valence-electron chi connectivity index (χ0n) is 13.4. The van der Waals surface area contributed by atoms with Gasteiger partial charge >= 0.3 is 5.97 Å². The van der Waals surface area contributed by atoms with E-state index < -0.39 is 16.8 Å². The molecule has 0 unspecified atom stereocenters. The molecule has 0 aliphatic carbocycles. The summed E-state index contributed by atoms with van der Waals surface area (Å²) in [5, 5.41) is 13.2. The quantitative estimate of drug-likeness (QED) is 0.494. The fourth-order valence-corrected chi connectivity index (χ4v) is 2.08. The second-order valence-electron chi connectivity index (χ2n) is 5.24. The van der Waals surface area contributed by atoms with Gasteiger partial charge in [0.2, 0.25) is 0 Å². The molecule has 0 saturated heterocycles. The summed E-state index contributed by atoms with van der Waals surface area (Å²) in [5.74, 6) is -1.26. The standard InChI is InChI=1S/C16H14ClN3O5/c1-9(2)25-16(22)14-5-3-4-13(18-14)15(21)19-12-7-6-10(20(23)24)8-11(12)17/h3-9H,1-2H3,(H,19,21). The van der Waals surface area contributed by atoms with Crippen LogP contribution in [0.25, 0.3) is 0 Å². The van der Waals surface area contributed by atoms with E-state index in [1.165, 1.54) is 30.3 Å². The van der Waals surface area contributed by atoms with E-state index in [4.69, 9.17) is 16.3 Å². The summed E-state index contributed by atoms with van der Waals surface area (Å²) in [7, 11) is 0. The molecule has 1 amide bonds. The van der Waals surface area contributed by atoms with Crippen molar-refractivity contribution >= 4 is 34.9 Å². The lowest BCUT2D eigenvalue weighted by molar-refractivity contribution is -0.384. The summed E-state index contributed by atoms with van der Waals surface area (Å²) < 4.78 is 5.03. The Balaban J connectivity index is 2.19. The number of pyridine rings is 1. The topological polar surface area (TPSA) is 111 Å². The van der Waals surface area contributed by atoms with Gasteiger partial charge in [-0.3, -0.25) is 14.9 Å². The van der Waals surface area contributed by atoms with Gasteiger partial charge < -0.3 is 10.1 Å². The molecule has 0 atom stereocenters. The van der Waals surface area contributed by atoms with Gasteiger partial charge in [-0.15, -0.1) is 0 Å². The van der Waals surface area contributed by atoms with E-state index in [-0.39, 0.29) is 33.9 Å². The van der Waals surface area contributed by atoms with Crippen molar-refractivity contribution in [2.45, 2.75) is 20.0 Å². The van der Waals surface area contributed by atoms with Crippen LogP contribution in [0.3, 0.4) is 0 Å². The fraction of sp³-hybridized carbons (Fsp3) is 0.188. The second-order valence-corrected chi connectivity index (χ2v) is 5.64. The lowest BCUT2D eigenvalue weighted by Gasteiger charge is -2.09. The highest BCUT2D eigenvalue weighted by atomic mass is 35.5. The number of anilines is 1. The first kappa shape index (κ1) is 18.3. The number of esters is 1. The number of amides is 1. The number of aromatic nitrogens is 1. The molecule has 9 heteroatoms. The van der Waals surface area contributed by atoms with Gasteiger partial charge in [0.15, 0.2) is 0 Å². The van der Waals surface area contributed by atoms with Gasteiger partial charge in [0.25, 0.3) is 11.6 Å². The number of nitrogens with zero attached hydrogens (tertiary/aromatic N) is 2. The molecule has 0 saturated carbocycles. The Kier molecular flexibility index (Phi) is 5.66. The number of nitro benzene ring substituents is 1. The fourth-order valence-electron chi connectivity index (χ4n) is 1.85. The number of carbonyl (C=O) groups is 2. The van der Waals surface area contributed by atoms with E-state index in [1.807, 2.05) is 0 Å². The van der Waals surface area contributed by atoms with Crippen LogP contribution < -0.4 is 5.32 Å². The number of nitrogens with one attached hydrogen (secondary N) is 1. The molecule has 25 heavy (non-hydrogen) atoms. The predicted octanol–water partition coefficient (Wildman–Crippen LogP) is 3.46. The molecule has 8 nitrogen and oxygen atoms in total. The molecule has 130 valence electrons. The normalized spacial score (nSPS) is 10.4. The van der Waals surface area contributed by atoms with Gasteiger partial charge in [0.05, 0.1) is 21.7 Å². The maximum absolute atomic E-state index is 12.3. The number of non-ortho nitro benzene ring substituents is 1. The first-order chi connectivity index (χ1) is 11.8. The van der Waals surface area contributed by atoms with Gasteiger partial charge in [-0.25, -0.2) is 9.78 Å². The van der Waals surface area contributed by atoms with E-state index in [0.29, 0.717) is 0 Å². The van der Waals surface area contributed by atoms with Gasteiger partial charge in [0, 0.05) is 12.1 Å². The molecular weight excluding hydrogens is 350 g/mol. The molecular formula is C16H14ClN3O5. The molecule has 0 radical (unpaired) electrons. The van der Waals surface area contributed by atoms with Gasteiger partial charge in [-0.05, 0) is 32.0 Å². The number of rotatable bonds is 5. The number of ether oxygens (including phenoxy) is 1. The van der Waals surface area contributed by atoms with E-state index in [1.54, 1.807) is 13.8 Å². The van der Waals surface area contributed by atoms with Crippen molar-refractivity contribution < 1.29 is 19.2 Å². The summed E-state index contributed by atoms with van der Waals surface area (Å²) in [6.45, 7) is 3.40. The molecule has 0 aliphatic rings. The second kappa shape index (κ2) is 7.71. The van der Waals surface area contributed by atoms with Gasteiger partial charge in [0.1, 0.15) is 11.4 Å². The number of halogens is 1. The lowest BCUT2D eigenvalue weighted by atomic mass is 10.2. The van der Waals surface area contributed by atoms with Crippen molar-refractivity contribution in [3.05, 3.63) is 62.9 Å². The number of carbonyl (C=O) groups excluding carboxylic acids is 2. The Labute approximate surface area is 147 Å². The van der Waals surface area contributed by atoms with E-state index in [9.17, 15) is 19.7 Å². The molecule has 1 aromatic carbocycles. The Morgan fingerprint density at radius 3 is 2.52 bits per heavy atom. The van der Waals surface area contributed by atoms with Crippen molar-refractivity contribution in [3.63, 3.8) is 0 Å². The van der Waals surface area contributed by atoms with Crippen LogP contribution in [0.4, 0.5) is 11.4 Å². The zero-order valence-corrected chi connectivity index (χ0v) is 14.1. The summed E-state index contributed by atoms with van der Waals surface area (Å²) in [4.78, 5) is 38.2. The van der Waals surface area contributed by atoms with Crippen LogP contribution in [-0.2, 0) is 4.74 Å². The number of hydrogen-bond acceptors (Lipinski definition) is 6. The largest absolute Gasteiger partial charge is 0.458 e. The van der Waals surface area contributed by atoms with Crippen LogP contribution in [0.2, 0.25) is 5.02 Å². The maximum Gasteiger partial charge on any atom is 0.357 e. The maximum atomic E-state index is 12.3. The Morgan fingerprint density at radius 2 is 1.92 bits per heavy atom. The van der Waals surface area contributed by atoms with Crippen molar-refractivity contribution in [2.75, 3.05) is 5.32 Å². The number of hydrogen-bond donors (Lipinski definition) is 1. The smallest absolute Gasteiger partial charge is 0.357 e. The number of nitro groups is 1. The highest BCUT2D eigenvalue weighted by Gasteiger charge is 2.16. The third kappa shape index (κ3) is 4.74. The van der Waals surface area contributed by atoms with E-state index in [0.717, 1.165) is 6.07 Å². The average molecular weight is 364 g/mol. The zero-order chi connectivity index (χ0) is 18.6. The first-order valence-electron chi connectivity index (χ1n) is 7.21. The predicted molar refractivity (Wildman–Crippen MR) is 90.8 cm³/mol. The highest BCUT2D eigenvalue weighted by Crippen LogP contribution is 2.26. The van der Waals surface area contributed by atoms with E-state index in [2.05, 4.69) is 10.3 Å². The van der Waals surface area contributed by atoms with Crippen LogP contribution >= 0.6 is 11.6 Å². The van der Waals surface area contributed by atoms with E-state index >= 15 is 0 Å². The van der Waals surface area contributed by atoms with Crippen molar-refractivity contribution in [1.82, 2.24) is 4.98 Å². The highest BCUT2D eigenvalue weighted by molar-refractivity contribution is 6.34. The minimum absolute atomic E-state index is 0.00357. The Hall–Kier alpha value is -3.00. The third-order valence-electron chi connectivity index (χ3n) is 2.95. The summed E-state index contributed by atoms with van der Waals surface area (Å²) in [6.07, 6.45) is -0.314. The molecule has 0 bridgehead atoms. The molecule has 2 rings (SSSR count). The van der Waals surface area contributed by atoms with Crippen LogP contribution in [0.15, 0.2) is 36.4 Å². The molecule has 1 N–H and O–H groups in total. The summed E-state index contributed by atoms with van der Waals surface area (Å²) in [5.41, 5.74) is -0.0300. The van der Waals surface area contributed by atoms with Crippen LogP contribution in [0.1, 0.15) is 34.8 Å². The molecule has 1 aromatic heterocycles. The molecule has 2 aromatic rings. The summed E-state index contributed by atoms with van der Waals surface area (Å²) in [6, 6.07) is 8.00. The molecule has 1 heterocycles. The molecule has 0 aliphatic heterocycles. The SMILES string of the molecule is CC(C)OC(=O)c1cccc(C(=O)Nc2ccc([N+](=O)[O-])cc2Cl)n1. The van der Waals surface area contributed by atoms with Crippen molar-refractivity contribution in [2.24, 2.45) is 0 Å². The Bertz CT molecular complexity index is 838. The van der Waals surface area contributed by atoms with Crippen LogP contribution in [0.5, 0.6) is 0 Å². The molecule has 0 fully saturated rings. The first-order valence-corrected chi connectivity index (χ1v) is 7.59. The Morgan fingerprint density at radius 1 is 1.24 bits per heavy atom. The van der Waals surface area contributed by atoms with Crippen LogP contribution in [-0.4, -0.2) is 27.9 Å². The average Bonchev–Trinajstić information content (AvgIpc) is 2.56. The lowest BCUT2D eigenvalue weighted by Crippen LogP contribution is -2.18. The van der Waals surface area contributed by atoms with Crippen LogP contribution in [0, 0.1) is 10.1 Å². The monoisotopic (exact) mass is 363 g/mol. The molecule has 0 spiro atoms. The number of benzene rings is 1. The summed E-state index contributed by atoms with van der Waals surface area (Å²) >= 11 is 5.93. The third-order valence-corrected chi connectivity index (χ3v) is 3.26. The van der Waals surface area contributed by atoms with Crippen molar-refractivity contribution in [3.8, 4) is 0 Å². The van der Waals surface area contributed by atoms with Gasteiger partial charge in [-0.1, -0.05) is 17.7 Å². The minimum Gasteiger partial charge on any atom is -0.458 e. The van der Waals surface area contributed by atoms with Gasteiger partial charge in [-0.2, -0.15) is 0 Å².